The van der Waals surface area contributed by atoms with Gasteiger partial charge in [-0.1, -0.05) is 34.6 Å². The van der Waals surface area contributed by atoms with E-state index in [1.165, 1.54) is 25.7 Å². The first-order chi connectivity index (χ1) is 8.74. The molecule has 19 heavy (non-hydrogen) atoms. The quantitative estimate of drug-likeness (QED) is 0.733. The second kappa shape index (κ2) is 4.60. The molecule has 0 heterocycles. The van der Waals surface area contributed by atoms with Crippen LogP contribution in [0.25, 0.3) is 0 Å². The van der Waals surface area contributed by atoms with Crippen molar-refractivity contribution in [2.75, 3.05) is 7.11 Å². The van der Waals surface area contributed by atoms with Crippen LogP contribution in [0.15, 0.2) is 4.99 Å². The maximum atomic E-state index is 11.9. The molecule has 108 valence electrons. The number of nitrogens with zero attached hydrogens (tertiary/aromatic N) is 1. The van der Waals surface area contributed by atoms with Crippen LogP contribution in [0.5, 0.6) is 0 Å². The summed E-state index contributed by atoms with van der Waals surface area (Å²) in [5, 5.41) is 0. The van der Waals surface area contributed by atoms with Gasteiger partial charge in [-0.3, -0.25) is 4.99 Å². The molecule has 2 saturated carbocycles. The van der Waals surface area contributed by atoms with E-state index in [2.05, 4.69) is 20.8 Å². The van der Waals surface area contributed by atoms with E-state index in [4.69, 9.17) is 9.73 Å². The number of ether oxygens (including phenoxy) is 1. The molecule has 0 aromatic heterocycles. The summed E-state index contributed by atoms with van der Waals surface area (Å²) in [6, 6.07) is -0.341. The molecule has 0 amide bonds. The van der Waals surface area contributed by atoms with Gasteiger partial charge in [-0.25, -0.2) is 4.79 Å². The Morgan fingerprint density at radius 2 is 2.00 bits per heavy atom. The fourth-order valence-electron chi connectivity index (χ4n) is 3.89. The fraction of sp³-hybridized carbons (Fsp3) is 0.875. The summed E-state index contributed by atoms with van der Waals surface area (Å²) in [5.74, 6) is 0.708. The summed E-state index contributed by atoms with van der Waals surface area (Å²) in [7, 11) is 1.45. The molecule has 3 atom stereocenters. The van der Waals surface area contributed by atoms with E-state index in [0.29, 0.717) is 5.41 Å². The predicted octanol–water partition coefficient (Wildman–Crippen LogP) is 3.47. The number of carbonyl (C=O) groups is 1. The van der Waals surface area contributed by atoms with Gasteiger partial charge >= 0.3 is 5.97 Å². The molecule has 0 aromatic rings. The highest BCUT2D eigenvalue weighted by atomic mass is 16.5. The SMILES string of the molecule is COC(=O)[C@@H](N=C1C[C@H]2CC[C@]1(C)C2(C)C)C(C)C. The van der Waals surface area contributed by atoms with Crippen LogP contribution in [0.2, 0.25) is 0 Å². The highest BCUT2D eigenvalue weighted by Crippen LogP contribution is 2.64. The van der Waals surface area contributed by atoms with Crippen LogP contribution in [0.3, 0.4) is 0 Å². The average molecular weight is 265 g/mol. The Kier molecular flexibility index (Phi) is 3.53. The van der Waals surface area contributed by atoms with E-state index in [0.717, 1.165) is 12.3 Å². The van der Waals surface area contributed by atoms with Crippen molar-refractivity contribution in [2.45, 2.75) is 59.9 Å². The van der Waals surface area contributed by atoms with Crippen molar-refractivity contribution in [1.82, 2.24) is 0 Å². The standard InChI is InChI=1S/C16H27NO2/c1-10(2)13(14(18)19-6)17-12-9-11-7-8-16(12,5)15(11,3)4/h10-11,13H,7-9H2,1-6H3/t11-,13+,16+/m1/s1. The molecule has 2 rings (SSSR count). The van der Waals surface area contributed by atoms with Crippen LogP contribution in [0.1, 0.15) is 53.9 Å². The van der Waals surface area contributed by atoms with Crippen molar-refractivity contribution in [3.8, 4) is 0 Å². The zero-order valence-electron chi connectivity index (χ0n) is 13.1. The lowest BCUT2D eigenvalue weighted by molar-refractivity contribution is -0.143. The second-order valence-electron chi connectivity index (χ2n) is 7.28. The van der Waals surface area contributed by atoms with Gasteiger partial charge in [0.05, 0.1) is 7.11 Å². The number of esters is 1. The molecule has 3 heteroatoms. The molecule has 0 spiro atoms. The van der Waals surface area contributed by atoms with Gasteiger partial charge in [0.15, 0.2) is 0 Å². The van der Waals surface area contributed by atoms with Crippen LogP contribution in [0, 0.1) is 22.7 Å². The monoisotopic (exact) mass is 265 g/mol. The van der Waals surface area contributed by atoms with Crippen molar-refractivity contribution in [2.24, 2.45) is 27.7 Å². The largest absolute Gasteiger partial charge is 0.467 e. The van der Waals surface area contributed by atoms with Gasteiger partial charge in [0.25, 0.3) is 0 Å². The Bertz CT molecular complexity index is 411. The van der Waals surface area contributed by atoms with E-state index < -0.39 is 0 Å². The normalized spacial score (nSPS) is 35.9. The maximum Gasteiger partial charge on any atom is 0.330 e. The number of hydrogen-bond acceptors (Lipinski definition) is 3. The van der Waals surface area contributed by atoms with Crippen molar-refractivity contribution in [3.05, 3.63) is 0 Å². The molecular formula is C16H27NO2. The van der Waals surface area contributed by atoms with E-state index in [1.807, 2.05) is 13.8 Å². The number of fused-ring (bicyclic) bond motifs is 2. The summed E-state index contributed by atoms with van der Waals surface area (Å²) < 4.78 is 4.90. The predicted molar refractivity (Wildman–Crippen MR) is 77.3 cm³/mol. The minimum absolute atomic E-state index is 0.166. The Hall–Kier alpha value is -0.860. The van der Waals surface area contributed by atoms with Crippen LogP contribution in [-0.4, -0.2) is 24.8 Å². The number of methoxy groups -OCH3 is 1. The molecule has 0 N–H and O–H groups in total. The average Bonchev–Trinajstić information content (AvgIpc) is 2.67. The topological polar surface area (TPSA) is 38.7 Å². The van der Waals surface area contributed by atoms with Gasteiger partial charge in [0, 0.05) is 11.1 Å². The molecule has 0 radical (unpaired) electrons. The van der Waals surface area contributed by atoms with E-state index in [9.17, 15) is 4.79 Å². The van der Waals surface area contributed by atoms with Crippen LogP contribution < -0.4 is 0 Å². The van der Waals surface area contributed by atoms with Crippen molar-refractivity contribution < 1.29 is 9.53 Å². The van der Waals surface area contributed by atoms with E-state index in [-0.39, 0.29) is 23.3 Å². The van der Waals surface area contributed by atoms with Crippen molar-refractivity contribution in [1.29, 1.82) is 0 Å². The van der Waals surface area contributed by atoms with Crippen LogP contribution in [-0.2, 0) is 9.53 Å². The zero-order valence-corrected chi connectivity index (χ0v) is 13.1. The molecule has 3 nitrogen and oxygen atoms in total. The number of hydrogen-bond donors (Lipinski definition) is 0. The lowest BCUT2D eigenvalue weighted by Gasteiger charge is -2.35. The summed E-state index contributed by atoms with van der Waals surface area (Å²) in [4.78, 5) is 16.7. The van der Waals surface area contributed by atoms with Gasteiger partial charge in [-0.2, -0.15) is 0 Å². The zero-order chi connectivity index (χ0) is 14.4. The first kappa shape index (κ1) is 14.5. The Morgan fingerprint density at radius 1 is 1.37 bits per heavy atom. The Balaban J connectivity index is 2.32. The van der Waals surface area contributed by atoms with Gasteiger partial charge < -0.3 is 4.74 Å². The molecule has 2 aliphatic carbocycles. The highest BCUT2D eigenvalue weighted by molar-refractivity contribution is 5.96. The third-order valence-corrected chi connectivity index (χ3v) is 5.88. The van der Waals surface area contributed by atoms with E-state index >= 15 is 0 Å². The molecule has 2 fully saturated rings. The van der Waals surface area contributed by atoms with Gasteiger partial charge in [-0.05, 0) is 36.5 Å². The highest BCUT2D eigenvalue weighted by Gasteiger charge is 2.59. The lowest BCUT2D eigenvalue weighted by atomic mass is 9.70. The van der Waals surface area contributed by atoms with Crippen molar-refractivity contribution >= 4 is 11.7 Å². The smallest absolute Gasteiger partial charge is 0.330 e. The minimum atomic E-state index is -0.341. The van der Waals surface area contributed by atoms with Gasteiger partial charge in [0.2, 0.25) is 0 Å². The molecule has 2 bridgehead atoms. The summed E-state index contributed by atoms with van der Waals surface area (Å²) >= 11 is 0. The first-order valence-electron chi connectivity index (χ1n) is 7.39. The van der Waals surface area contributed by atoms with Gasteiger partial charge in [-0.15, -0.1) is 0 Å². The van der Waals surface area contributed by atoms with E-state index in [1.54, 1.807) is 0 Å². The second-order valence-corrected chi connectivity index (χ2v) is 7.28. The number of carbonyl (C=O) groups excluding carboxylic acids is 1. The summed E-state index contributed by atoms with van der Waals surface area (Å²) in [5.41, 5.74) is 1.72. The first-order valence-corrected chi connectivity index (χ1v) is 7.39. The molecule has 0 aromatic carbocycles. The Morgan fingerprint density at radius 3 is 2.37 bits per heavy atom. The maximum absolute atomic E-state index is 11.9. The molecule has 0 unspecified atom stereocenters. The fourth-order valence-corrected chi connectivity index (χ4v) is 3.89. The molecule has 0 saturated heterocycles. The third-order valence-electron chi connectivity index (χ3n) is 5.88. The van der Waals surface area contributed by atoms with Crippen LogP contribution in [0.4, 0.5) is 0 Å². The van der Waals surface area contributed by atoms with Gasteiger partial charge in [0.1, 0.15) is 6.04 Å². The molecular weight excluding hydrogens is 238 g/mol. The Labute approximate surface area is 116 Å². The summed E-state index contributed by atoms with van der Waals surface area (Å²) in [6.07, 6.45) is 3.56. The number of rotatable bonds is 3. The van der Waals surface area contributed by atoms with Crippen molar-refractivity contribution in [3.63, 3.8) is 0 Å². The van der Waals surface area contributed by atoms with Crippen LogP contribution >= 0.6 is 0 Å². The molecule has 2 aliphatic rings. The molecule has 0 aliphatic heterocycles. The third kappa shape index (κ3) is 2.02. The lowest BCUT2D eigenvalue weighted by Crippen LogP contribution is -2.35. The summed E-state index contributed by atoms with van der Waals surface area (Å²) in [6.45, 7) is 11.1. The minimum Gasteiger partial charge on any atom is -0.467 e. The number of aliphatic imine (C=N–C) groups is 1.